The van der Waals surface area contributed by atoms with E-state index in [9.17, 15) is 13.2 Å². The van der Waals surface area contributed by atoms with Crippen LogP contribution < -0.4 is 15.2 Å². The second-order valence-electron chi connectivity index (χ2n) is 5.69. The van der Waals surface area contributed by atoms with Crippen LogP contribution in [0, 0.1) is 0 Å². The lowest BCUT2D eigenvalue weighted by Gasteiger charge is -2.25. The third kappa shape index (κ3) is 3.74. The number of amides is 1. The lowest BCUT2D eigenvalue weighted by molar-refractivity contribution is -0.116. The summed E-state index contributed by atoms with van der Waals surface area (Å²) in [6.45, 7) is 0.595. The molecular formula is C17H18N2O4S. The number of benzene rings is 2. The van der Waals surface area contributed by atoms with Crippen LogP contribution in [0.15, 0.2) is 53.4 Å². The van der Waals surface area contributed by atoms with Gasteiger partial charge in [0.1, 0.15) is 5.75 Å². The lowest BCUT2D eigenvalue weighted by Crippen LogP contribution is -2.20. The van der Waals surface area contributed by atoms with Gasteiger partial charge in [0.05, 0.1) is 11.5 Å². The van der Waals surface area contributed by atoms with Gasteiger partial charge in [0.15, 0.2) is 0 Å². The van der Waals surface area contributed by atoms with E-state index in [2.05, 4.69) is 5.32 Å². The van der Waals surface area contributed by atoms with Crippen molar-refractivity contribution in [2.45, 2.75) is 23.7 Å². The van der Waals surface area contributed by atoms with Gasteiger partial charge >= 0.3 is 0 Å². The fourth-order valence-corrected chi connectivity index (χ4v) is 3.31. The van der Waals surface area contributed by atoms with Gasteiger partial charge in [-0.05, 0) is 48.2 Å². The van der Waals surface area contributed by atoms with Crippen LogP contribution in [0.3, 0.4) is 0 Å². The zero-order chi connectivity index (χ0) is 17.2. The van der Waals surface area contributed by atoms with Crippen LogP contribution in [0.1, 0.15) is 24.3 Å². The van der Waals surface area contributed by atoms with Crippen molar-refractivity contribution in [3.05, 3.63) is 54.1 Å². The molecule has 0 aliphatic carbocycles. The second-order valence-corrected chi connectivity index (χ2v) is 7.25. The third-order valence-corrected chi connectivity index (χ3v) is 4.91. The molecule has 3 rings (SSSR count). The summed E-state index contributed by atoms with van der Waals surface area (Å²) in [5, 5.41) is 7.83. The average molecular weight is 346 g/mol. The smallest absolute Gasteiger partial charge is 0.238 e. The molecule has 1 aliphatic heterocycles. The summed E-state index contributed by atoms with van der Waals surface area (Å²) >= 11 is 0. The Hall–Kier alpha value is -2.38. The Morgan fingerprint density at radius 1 is 1.17 bits per heavy atom. The Morgan fingerprint density at radius 2 is 1.88 bits per heavy atom. The topological polar surface area (TPSA) is 98.5 Å². The van der Waals surface area contributed by atoms with Gasteiger partial charge < -0.3 is 10.1 Å². The Bertz CT molecular complexity index is 847. The van der Waals surface area contributed by atoms with Crippen LogP contribution in [0.2, 0.25) is 0 Å². The Morgan fingerprint density at radius 3 is 2.58 bits per heavy atom. The van der Waals surface area contributed by atoms with Crippen molar-refractivity contribution in [1.82, 2.24) is 0 Å². The number of rotatable bonds is 4. The van der Waals surface area contributed by atoms with E-state index in [0.717, 1.165) is 17.7 Å². The van der Waals surface area contributed by atoms with E-state index < -0.39 is 10.0 Å². The summed E-state index contributed by atoms with van der Waals surface area (Å²) in [5.41, 5.74) is 1.58. The number of hydrogen-bond acceptors (Lipinski definition) is 4. The number of nitrogens with one attached hydrogen (secondary N) is 1. The summed E-state index contributed by atoms with van der Waals surface area (Å²) in [6.07, 6.45) is 1.13. The van der Waals surface area contributed by atoms with Crippen LogP contribution in [0.25, 0.3) is 0 Å². The number of para-hydroxylation sites is 1. The van der Waals surface area contributed by atoms with Crippen molar-refractivity contribution < 1.29 is 17.9 Å². The number of fused-ring (bicyclic) bond motifs is 1. The molecule has 126 valence electrons. The maximum atomic E-state index is 12.3. The molecule has 0 saturated heterocycles. The predicted molar refractivity (Wildman–Crippen MR) is 90.4 cm³/mol. The van der Waals surface area contributed by atoms with Gasteiger partial charge in [-0.15, -0.1) is 0 Å². The first-order valence-corrected chi connectivity index (χ1v) is 9.12. The van der Waals surface area contributed by atoms with Gasteiger partial charge in [-0.2, -0.15) is 0 Å². The lowest BCUT2D eigenvalue weighted by atomic mass is 9.90. The number of nitrogens with two attached hydrogens (primary N) is 1. The molecule has 2 aromatic carbocycles. The second kappa shape index (κ2) is 6.62. The molecule has 1 amide bonds. The molecule has 0 saturated carbocycles. The first-order valence-electron chi connectivity index (χ1n) is 7.58. The number of ether oxygens (including phenoxy) is 1. The number of carbonyl (C=O) groups is 1. The fourth-order valence-electron chi connectivity index (χ4n) is 2.79. The summed E-state index contributed by atoms with van der Waals surface area (Å²) in [5.74, 6) is 0.817. The maximum Gasteiger partial charge on any atom is 0.238 e. The van der Waals surface area contributed by atoms with Crippen LogP contribution >= 0.6 is 0 Å². The fraction of sp³-hybridized carbons (Fsp3) is 0.235. The van der Waals surface area contributed by atoms with E-state index in [-0.39, 0.29) is 16.7 Å². The van der Waals surface area contributed by atoms with Gasteiger partial charge in [0.2, 0.25) is 15.9 Å². The molecular weight excluding hydrogens is 328 g/mol. The Kier molecular flexibility index (Phi) is 4.55. The molecule has 1 atom stereocenters. The van der Waals surface area contributed by atoms with E-state index in [1.807, 2.05) is 24.3 Å². The molecule has 0 bridgehead atoms. The van der Waals surface area contributed by atoms with E-state index in [1.54, 1.807) is 0 Å². The van der Waals surface area contributed by atoms with Crippen molar-refractivity contribution in [1.29, 1.82) is 0 Å². The van der Waals surface area contributed by atoms with Crippen molar-refractivity contribution in [2.24, 2.45) is 5.14 Å². The van der Waals surface area contributed by atoms with E-state index in [0.29, 0.717) is 18.7 Å². The molecule has 0 radical (unpaired) electrons. The van der Waals surface area contributed by atoms with Crippen molar-refractivity contribution in [3.8, 4) is 5.75 Å². The highest BCUT2D eigenvalue weighted by Crippen LogP contribution is 2.35. The quantitative estimate of drug-likeness (QED) is 0.887. The molecule has 0 fully saturated rings. The molecule has 7 heteroatoms. The largest absolute Gasteiger partial charge is 0.493 e. The highest BCUT2D eigenvalue weighted by Gasteiger charge is 2.23. The van der Waals surface area contributed by atoms with Crippen LogP contribution in [0.5, 0.6) is 5.75 Å². The van der Waals surface area contributed by atoms with Gasteiger partial charge in [-0.25, -0.2) is 13.6 Å². The van der Waals surface area contributed by atoms with Crippen LogP contribution in [-0.2, 0) is 14.8 Å². The summed E-state index contributed by atoms with van der Waals surface area (Å²) in [4.78, 5) is 12.3. The summed E-state index contributed by atoms with van der Waals surface area (Å²) in [7, 11) is -3.73. The molecule has 1 aliphatic rings. The minimum absolute atomic E-state index is 0.0128. The normalized spacial score (nSPS) is 16.8. The Balaban J connectivity index is 1.66. The van der Waals surface area contributed by atoms with E-state index in [1.165, 1.54) is 24.3 Å². The van der Waals surface area contributed by atoms with Gasteiger partial charge in [0, 0.05) is 12.1 Å². The van der Waals surface area contributed by atoms with Crippen LogP contribution in [0.4, 0.5) is 5.69 Å². The number of sulfonamides is 1. The highest BCUT2D eigenvalue weighted by molar-refractivity contribution is 7.89. The molecule has 24 heavy (non-hydrogen) atoms. The number of primary sulfonamides is 1. The highest BCUT2D eigenvalue weighted by atomic mass is 32.2. The van der Waals surface area contributed by atoms with E-state index in [4.69, 9.17) is 9.88 Å². The first-order chi connectivity index (χ1) is 11.4. The first kappa shape index (κ1) is 16.5. The van der Waals surface area contributed by atoms with Crippen molar-refractivity contribution in [3.63, 3.8) is 0 Å². The minimum Gasteiger partial charge on any atom is -0.493 e. The van der Waals surface area contributed by atoms with E-state index >= 15 is 0 Å². The zero-order valence-electron chi connectivity index (χ0n) is 12.9. The molecule has 0 aromatic heterocycles. The van der Waals surface area contributed by atoms with Gasteiger partial charge in [0.25, 0.3) is 0 Å². The number of anilines is 1. The zero-order valence-corrected chi connectivity index (χ0v) is 13.8. The van der Waals surface area contributed by atoms with Gasteiger partial charge in [-0.3, -0.25) is 4.79 Å². The van der Waals surface area contributed by atoms with Gasteiger partial charge in [-0.1, -0.05) is 18.2 Å². The third-order valence-electron chi connectivity index (χ3n) is 3.98. The molecule has 2 aromatic rings. The van der Waals surface area contributed by atoms with Crippen molar-refractivity contribution >= 4 is 21.6 Å². The van der Waals surface area contributed by atoms with Crippen LogP contribution in [-0.4, -0.2) is 20.9 Å². The molecule has 3 N–H and O–H groups in total. The Labute approximate surface area is 140 Å². The standard InChI is InChI=1S/C17H18N2O4S/c18-24(21,22)14-7-5-13(6-8-14)19-17(20)11-12-9-10-23-16-4-2-1-3-15(12)16/h1-8,12H,9-11H2,(H,19,20)(H2,18,21,22)/t12-/m0/s1. The molecule has 1 heterocycles. The number of carbonyl (C=O) groups excluding carboxylic acids is 1. The summed E-state index contributed by atoms with van der Waals surface area (Å²) in [6, 6.07) is 13.5. The molecule has 6 nitrogen and oxygen atoms in total. The number of hydrogen-bond donors (Lipinski definition) is 2. The molecule has 0 spiro atoms. The average Bonchev–Trinajstić information content (AvgIpc) is 2.55. The SMILES string of the molecule is NS(=O)(=O)c1ccc(NC(=O)C[C@@H]2CCOc3ccccc32)cc1. The minimum atomic E-state index is -3.73. The molecule has 0 unspecified atom stereocenters. The summed E-state index contributed by atoms with van der Waals surface area (Å²) < 4.78 is 28.0. The van der Waals surface area contributed by atoms with Crippen molar-refractivity contribution in [2.75, 3.05) is 11.9 Å². The maximum absolute atomic E-state index is 12.3. The monoisotopic (exact) mass is 346 g/mol. The predicted octanol–water partition coefficient (Wildman–Crippen LogP) is 2.23.